The maximum Gasteiger partial charge on any atom is 0.416 e. The van der Waals surface area contributed by atoms with Gasteiger partial charge in [0.05, 0.1) is 5.52 Å². The zero-order valence-electron chi connectivity index (χ0n) is 9.03. The third-order valence-corrected chi connectivity index (χ3v) is 3.41. The standard InChI is InChI=1S/C12H11ClN2O2/c13-7-1-2-10-9(5-7)8-3-4-14-6-11(8)15(10)12(16)17/h1-2,5,14H,3-4,6H2,(H,16,17). The maximum absolute atomic E-state index is 11.3. The Bertz CT molecular complexity index is 618. The van der Waals surface area contributed by atoms with E-state index in [1.54, 1.807) is 12.1 Å². The van der Waals surface area contributed by atoms with Crippen LogP contribution in [-0.4, -0.2) is 22.3 Å². The van der Waals surface area contributed by atoms with E-state index in [0.29, 0.717) is 11.6 Å². The topological polar surface area (TPSA) is 54.3 Å². The highest BCUT2D eigenvalue weighted by atomic mass is 35.5. The Morgan fingerprint density at radius 3 is 3.06 bits per heavy atom. The summed E-state index contributed by atoms with van der Waals surface area (Å²) < 4.78 is 1.35. The summed E-state index contributed by atoms with van der Waals surface area (Å²) in [6, 6.07) is 5.34. The van der Waals surface area contributed by atoms with Crippen molar-refractivity contribution in [2.75, 3.05) is 6.54 Å². The fourth-order valence-corrected chi connectivity index (χ4v) is 2.66. The van der Waals surface area contributed by atoms with E-state index in [1.807, 2.05) is 6.07 Å². The Kier molecular flexibility index (Phi) is 2.34. The van der Waals surface area contributed by atoms with E-state index < -0.39 is 6.09 Å². The molecule has 0 saturated heterocycles. The number of carbonyl (C=O) groups is 1. The Balaban J connectivity index is 2.41. The predicted octanol–water partition coefficient (Wildman–Crippen LogP) is 2.47. The van der Waals surface area contributed by atoms with E-state index in [9.17, 15) is 9.90 Å². The normalized spacial score (nSPS) is 14.9. The van der Waals surface area contributed by atoms with Crippen LogP contribution in [-0.2, 0) is 13.0 Å². The molecule has 3 rings (SSSR count). The molecule has 0 saturated carbocycles. The lowest BCUT2D eigenvalue weighted by Crippen LogP contribution is -2.26. The highest BCUT2D eigenvalue weighted by Gasteiger charge is 2.22. The fourth-order valence-electron chi connectivity index (χ4n) is 2.48. The first-order valence-corrected chi connectivity index (χ1v) is 5.82. The van der Waals surface area contributed by atoms with Gasteiger partial charge in [-0.3, -0.25) is 0 Å². The number of fused-ring (bicyclic) bond motifs is 3. The molecule has 2 heterocycles. The average Bonchev–Trinajstić information content (AvgIpc) is 2.63. The van der Waals surface area contributed by atoms with Gasteiger partial charge in [0.1, 0.15) is 0 Å². The summed E-state index contributed by atoms with van der Waals surface area (Å²) in [7, 11) is 0. The van der Waals surface area contributed by atoms with Gasteiger partial charge in [0.15, 0.2) is 0 Å². The van der Waals surface area contributed by atoms with Crippen molar-refractivity contribution in [3.05, 3.63) is 34.5 Å². The number of carboxylic acid groups (broad SMARTS) is 1. The van der Waals surface area contributed by atoms with Crippen molar-refractivity contribution in [3.63, 3.8) is 0 Å². The molecule has 0 amide bonds. The molecular weight excluding hydrogens is 240 g/mol. The van der Waals surface area contributed by atoms with Crippen molar-refractivity contribution >= 4 is 28.6 Å². The number of benzene rings is 1. The Morgan fingerprint density at radius 1 is 1.47 bits per heavy atom. The predicted molar refractivity (Wildman–Crippen MR) is 65.8 cm³/mol. The van der Waals surface area contributed by atoms with E-state index >= 15 is 0 Å². The molecule has 2 N–H and O–H groups in total. The number of rotatable bonds is 0. The van der Waals surface area contributed by atoms with Gasteiger partial charge in [-0.1, -0.05) is 11.6 Å². The molecule has 0 aliphatic carbocycles. The summed E-state index contributed by atoms with van der Waals surface area (Å²) in [5.74, 6) is 0. The number of hydrogen-bond donors (Lipinski definition) is 2. The highest BCUT2D eigenvalue weighted by molar-refractivity contribution is 6.31. The highest BCUT2D eigenvalue weighted by Crippen LogP contribution is 2.30. The van der Waals surface area contributed by atoms with Crippen molar-refractivity contribution in [1.29, 1.82) is 0 Å². The van der Waals surface area contributed by atoms with Crippen LogP contribution in [0.15, 0.2) is 18.2 Å². The van der Waals surface area contributed by atoms with Crippen LogP contribution in [0, 0.1) is 0 Å². The molecule has 4 nitrogen and oxygen atoms in total. The van der Waals surface area contributed by atoms with Crippen molar-refractivity contribution in [2.24, 2.45) is 0 Å². The van der Waals surface area contributed by atoms with Gasteiger partial charge in [-0.05, 0) is 36.7 Å². The van der Waals surface area contributed by atoms with Crippen molar-refractivity contribution in [2.45, 2.75) is 13.0 Å². The second-order valence-electron chi connectivity index (χ2n) is 4.13. The molecule has 0 radical (unpaired) electrons. The molecule has 0 unspecified atom stereocenters. The van der Waals surface area contributed by atoms with Crippen LogP contribution in [0.25, 0.3) is 10.9 Å². The summed E-state index contributed by atoms with van der Waals surface area (Å²) in [5.41, 5.74) is 2.65. The summed E-state index contributed by atoms with van der Waals surface area (Å²) in [5, 5.41) is 14.1. The van der Waals surface area contributed by atoms with E-state index in [0.717, 1.165) is 35.1 Å². The van der Waals surface area contributed by atoms with Crippen LogP contribution in [0.5, 0.6) is 0 Å². The van der Waals surface area contributed by atoms with Gasteiger partial charge in [-0.15, -0.1) is 0 Å². The van der Waals surface area contributed by atoms with Crippen LogP contribution in [0.4, 0.5) is 4.79 Å². The summed E-state index contributed by atoms with van der Waals surface area (Å²) >= 11 is 5.98. The molecule has 1 aliphatic rings. The first-order valence-electron chi connectivity index (χ1n) is 5.44. The molecule has 0 bridgehead atoms. The zero-order valence-corrected chi connectivity index (χ0v) is 9.79. The number of halogens is 1. The van der Waals surface area contributed by atoms with Gasteiger partial charge in [-0.2, -0.15) is 0 Å². The number of aromatic nitrogens is 1. The Labute approximate surface area is 103 Å². The van der Waals surface area contributed by atoms with Gasteiger partial charge in [0, 0.05) is 22.6 Å². The first-order chi connectivity index (χ1) is 8.18. The SMILES string of the molecule is O=C(O)n1c2c(c3cc(Cl)ccc31)CCNC2. The first kappa shape index (κ1) is 10.6. The van der Waals surface area contributed by atoms with E-state index in [1.165, 1.54) is 4.57 Å². The summed E-state index contributed by atoms with van der Waals surface area (Å²) in [4.78, 5) is 11.3. The monoisotopic (exact) mass is 250 g/mol. The maximum atomic E-state index is 11.3. The molecule has 5 heteroatoms. The van der Waals surface area contributed by atoms with Gasteiger partial charge in [-0.25, -0.2) is 9.36 Å². The second-order valence-corrected chi connectivity index (χ2v) is 4.57. The van der Waals surface area contributed by atoms with Gasteiger partial charge < -0.3 is 10.4 Å². The van der Waals surface area contributed by atoms with Gasteiger partial charge >= 0.3 is 6.09 Å². The quantitative estimate of drug-likeness (QED) is 0.755. The molecule has 0 spiro atoms. The molecule has 0 atom stereocenters. The van der Waals surface area contributed by atoms with Crippen LogP contribution in [0.2, 0.25) is 5.02 Å². The fraction of sp³-hybridized carbons (Fsp3) is 0.250. The molecule has 0 fully saturated rings. The Morgan fingerprint density at radius 2 is 2.29 bits per heavy atom. The number of hydrogen-bond acceptors (Lipinski definition) is 2. The summed E-state index contributed by atoms with van der Waals surface area (Å²) in [6.45, 7) is 1.46. The van der Waals surface area contributed by atoms with Crippen molar-refractivity contribution in [3.8, 4) is 0 Å². The van der Waals surface area contributed by atoms with Crippen molar-refractivity contribution < 1.29 is 9.90 Å². The minimum atomic E-state index is -0.942. The lowest BCUT2D eigenvalue weighted by atomic mass is 10.1. The third-order valence-electron chi connectivity index (χ3n) is 3.18. The van der Waals surface area contributed by atoms with E-state index in [4.69, 9.17) is 11.6 Å². The third kappa shape index (κ3) is 1.52. The van der Waals surface area contributed by atoms with Gasteiger partial charge in [0.2, 0.25) is 0 Å². The van der Waals surface area contributed by atoms with E-state index in [-0.39, 0.29) is 0 Å². The number of nitrogens with zero attached hydrogens (tertiary/aromatic N) is 1. The van der Waals surface area contributed by atoms with Crippen LogP contribution >= 0.6 is 11.6 Å². The lowest BCUT2D eigenvalue weighted by molar-refractivity contribution is 0.196. The largest absolute Gasteiger partial charge is 0.464 e. The molecule has 1 aliphatic heterocycles. The van der Waals surface area contributed by atoms with Crippen LogP contribution in [0.3, 0.4) is 0 Å². The molecule has 2 aromatic rings. The Hall–Kier alpha value is -1.52. The molecule has 1 aromatic heterocycles. The van der Waals surface area contributed by atoms with Crippen molar-refractivity contribution in [1.82, 2.24) is 9.88 Å². The van der Waals surface area contributed by atoms with Gasteiger partial charge in [0.25, 0.3) is 0 Å². The average molecular weight is 251 g/mol. The number of nitrogens with one attached hydrogen (secondary N) is 1. The zero-order chi connectivity index (χ0) is 12.0. The minimum absolute atomic E-state index is 0.591. The van der Waals surface area contributed by atoms with E-state index in [2.05, 4.69) is 5.32 Å². The summed E-state index contributed by atoms with van der Waals surface area (Å²) in [6.07, 6.45) is -0.103. The second kappa shape index (κ2) is 3.75. The molecular formula is C12H11ClN2O2. The smallest absolute Gasteiger partial charge is 0.416 e. The van der Waals surface area contributed by atoms with Crippen LogP contribution < -0.4 is 5.32 Å². The minimum Gasteiger partial charge on any atom is -0.464 e. The molecule has 17 heavy (non-hydrogen) atoms. The van der Waals surface area contributed by atoms with Crippen LogP contribution in [0.1, 0.15) is 11.3 Å². The molecule has 1 aromatic carbocycles. The molecule has 88 valence electrons. The lowest BCUT2D eigenvalue weighted by Gasteiger charge is -2.14.